The summed E-state index contributed by atoms with van der Waals surface area (Å²) in [5.74, 6) is -2.35. The van der Waals surface area contributed by atoms with Crippen molar-refractivity contribution in [2.75, 3.05) is 19.6 Å². The van der Waals surface area contributed by atoms with E-state index in [1.165, 1.54) is 0 Å². The van der Waals surface area contributed by atoms with Crippen molar-refractivity contribution < 1.29 is 13.2 Å². The number of likely N-dealkylation sites (tertiary alicyclic amines) is 1. The zero-order valence-electron chi connectivity index (χ0n) is 11.5. The predicted molar refractivity (Wildman–Crippen MR) is 70.7 cm³/mol. The third-order valence-corrected chi connectivity index (χ3v) is 4.67. The van der Waals surface area contributed by atoms with E-state index in [9.17, 15) is 13.2 Å². The van der Waals surface area contributed by atoms with E-state index in [1.807, 2.05) is 0 Å². The molecule has 0 bridgehead atoms. The van der Waals surface area contributed by atoms with Crippen LogP contribution in [0.1, 0.15) is 18.9 Å². The van der Waals surface area contributed by atoms with Gasteiger partial charge in [-0.3, -0.25) is 4.90 Å². The number of hydrogen-bond donors (Lipinski definition) is 1. The molecule has 1 aromatic carbocycles. The van der Waals surface area contributed by atoms with Crippen LogP contribution in [0, 0.1) is 29.3 Å². The zero-order valence-corrected chi connectivity index (χ0v) is 11.5. The first kappa shape index (κ1) is 13.9. The van der Waals surface area contributed by atoms with Gasteiger partial charge in [-0.15, -0.1) is 0 Å². The molecule has 0 aromatic heterocycles. The molecule has 0 spiro atoms. The first-order valence-corrected chi connectivity index (χ1v) is 7.18. The Morgan fingerprint density at radius 1 is 1.20 bits per heavy atom. The van der Waals surface area contributed by atoms with Gasteiger partial charge in [0.25, 0.3) is 0 Å². The van der Waals surface area contributed by atoms with Gasteiger partial charge in [-0.1, -0.05) is 6.92 Å². The summed E-state index contributed by atoms with van der Waals surface area (Å²) in [6.07, 6.45) is 1.02. The van der Waals surface area contributed by atoms with Gasteiger partial charge in [0.15, 0.2) is 17.5 Å². The Morgan fingerprint density at radius 2 is 1.90 bits per heavy atom. The van der Waals surface area contributed by atoms with E-state index >= 15 is 0 Å². The molecular weight excluding hydrogens is 265 g/mol. The van der Waals surface area contributed by atoms with Crippen LogP contribution < -0.4 is 5.32 Å². The van der Waals surface area contributed by atoms with Gasteiger partial charge in [0.05, 0.1) is 0 Å². The van der Waals surface area contributed by atoms with Crippen LogP contribution >= 0.6 is 0 Å². The molecule has 0 aliphatic carbocycles. The second-order valence-electron chi connectivity index (χ2n) is 5.86. The summed E-state index contributed by atoms with van der Waals surface area (Å²) in [5.41, 5.74) is 0.507. The lowest BCUT2D eigenvalue weighted by atomic mass is 9.93. The van der Waals surface area contributed by atoms with Crippen molar-refractivity contribution in [3.63, 3.8) is 0 Å². The molecule has 2 heterocycles. The minimum Gasteiger partial charge on any atom is -0.316 e. The summed E-state index contributed by atoms with van der Waals surface area (Å²) in [4.78, 5) is 2.28. The van der Waals surface area contributed by atoms with Crippen molar-refractivity contribution in [2.24, 2.45) is 11.8 Å². The van der Waals surface area contributed by atoms with E-state index in [0.29, 0.717) is 30.0 Å². The van der Waals surface area contributed by atoms with Gasteiger partial charge in [-0.25, -0.2) is 13.2 Å². The molecule has 0 radical (unpaired) electrons. The minimum atomic E-state index is -1.39. The highest BCUT2D eigenvalue weighted by Gasteiger charge is 2.42. The van der Waals surface area contributed by atoms with E-state index in [2.05, 4.69) is 17.1 Å². The largest absolute Gasteiger partial charge is 0.316 e. The summed E-state index contributed by atoms with van der Waals surface area (Å²) in [6.45, 7) is 5.61. The molecule has 2 saturated heterocycles. The number of nitrogens with zero attached hydrogens (tertiary/aromatic N) is 1. The average molecular weight is 284 g/mol. The molecule has 3 unspecified atom stereocenters. The Labute approximate surface area is 117 Å². The molecule has 0 amide bonds. The molecule has 1 aromatic rings. The second-order valence-corrected chi connectivity index (χ2v) is 5.86. The van der Waals surface area contributed by atoms with Gasteiger partial charge >= 0.3 is 0 Å². The molecule has 20 heavy (non-hydrogen) atoms. The molecule has 5 heteroatoms. The quantitative estimate of drug-likeness (QED) is 0.858. The van der Waals surface area contributed by atoms with Gasteiger partial charge in [0.1, 0.15) is 0 Å². The fraction of sp³-hybridized carbons (Fsp3) is 0.600. The number of halogens is 3. The van der Waals surface area contributed by atoms with Crippen LogP contribution in [0.25, 0.3) is 0 Å². The maximum absolute atomic E-state index is 13.3. The molecule has 110 valence electrons. The summed E-state index contributed by atoms with van der Waals surface area (Å²) in [5, 5.41) is 3.40. The van der Waals surface area contributed by atoms with Gasteiger partial charge in [0.2, 0.25) is 0 Å². The van der Waals surface area contributed by atoms with E-state index in [1.54, 1.807) is 0 Å². The molecule has 2 fully saturated rings. The highest BCUT2D eigenvalue weighted by molar-refractivity contribution is 5.20. The third-order valence-electron chi connectivity index (χ3n) is 4.67. The highest BCUT2D eigenvalue weighted by Crippen LogP contribution is 2.35. The normalized spacial score (nSPS) is 29.9. The second kappa shape index (κ2) is 5.37. The number of benzene rings is 1. The topological polar surface area (TPSA) is 15.3 Å². The van der Waals surface area contributed by atoms with Gasteiger partial charge in [-0.05, 0) is 49.0 Å². The Bertz CT molecular complexity index is 483. The molecule has 1 N–H and O–H groups in total. The minimum absolute atomic E-state index is 0.436. The van der Waals surface area contributed by atoms with Crippen molar-refractivity contribution in [2.45, 2.75) is 25.9 Å². The molecule has 3 atom stereocenters. The van der Waals surface area contributed by atoms with E-state index in [-0.39, 0.29) is 0 Å². The Balaban J connectivity index is 1.77. The number of rotatable bonds is 3. The van der Waals surface area contributed by atoms with Crippen LogP contribution in [-0.2, 0) is 6.54 Å². The smallest absolute Gasteiger partial charge is 0.194 e. The molecule has 2 nitrogen and oxygen atoms in total. The van der Waals surface area contributed by atoms with Crippen LogP contribution in [0.4, 0.5) is 13.2 Å². The summed E-state index contributed by atoms with van der Waals surface area (Å²) < 4.78 is 39.5. The number of nitrogens with one attached hydrogen (secondary N) is 1. The fourth-order valence-electron chi connectivity index (χ4n) is 3.79. The van der Waals surface area contributed by atoms with E-state index in [4.69, 9.17) is 0 Å². The summed E-state index contributed by atoms with van der Waals surface area (Å²) in [7, 11) is 0. The van der Waals surface area contributed by atoms with Gasteiger partial charge in [-0.2, -0.15) is 0 Å². The lowest BCUT2D eigenvalue weighted by molar-refractivity contribution is 0.209. The predicted octanol–water partition coefficient (Wildman–Crippen LogP) is 2.53. The fourth-order valence-corrected chi connectivity index (χ4v) is 3.79. The van der Waals surface area contributed by atoms with Crippen LogP contribution in [-0.4, -0.2) is 30.6 Å². The monoisotopic (exact) mass is 284 g/mol. The van der Waals surface area contributed by atoms with Crippen molar-refractivity contribution in [1.82, 2.24) is 10.2 Å². The number of fused-ring (bicyclic) bond motifs is 1. The average Bonchev–Trinajstić information content (AvgIpc) is 2.96. The molecule has 2 aliphatic heterocycles. The lowest BCUT2D eigenvalue weighted by Gasteiger charge is -2.26. The van der Waals surface area contributed by atoms with Crippen molar-refractivity contribution in [1.29, 1.82) is 0 Å². The van der Waals surface area contributed by atoms with Crippen LogP contribution in [0.15, 0.2) is 12.1 Å². The molecular formula is C15H19F3N2. The lowest BCUT2D eigenvalue weighted by Crippen LogP contribution is -2.34. The van der Waals surface area contributed by atoms with Crippen molar-refractivity contribution >= 4 is 0 Å². The maximum Gasteiger partial charge on any atom is 0.194 e. The summed E-state index contributed by atoms with van der Waals surface area (Å²) >= 11 is 0. The SMILES string of the molecule is CCC1C2CNCC2CN1Cc1cc(F)c(F)c(F)c1. The van der Waals surface area contributed by atoms with Crippen molar-refractivity contribution in [3.05, 3.63) is 35.1 Å². The molecule has 2 aliphatic rings. The van der Waals surface area contributed by atoms with E-state index in [0.717, 1.165) is 38.2 Å². The van der Waals surface area contributed by atoms with Gasteiger partial charge < -0.3 is 5.32 Å². The Kier molecular flexibility index (Phi) is 3.73. The Morgan fingerprint density at radius 3 is 2.55 bits per heavy atom. The van der Waals surface area contributed by atoms with Crippen LogP contribution in [0.2, 0.25) is 0 Å². The molecule has 3 rings (SSSR count). The maximum atomic E-state index is 13.3. The zero-order chi connectivity index (χ0) is 14.3. The van der Waals surface area contributed by atoms with E-state index < -0.39 is 17.5 Å². The van der Waals surface area contributed by atoms with Gasteiger partial charge in [0, 0.05) is 19.1 Å². The first-order chi connectivity index (χ1) is 9.60. The van der Waals surface area contributed by atoms with Crippen LogP contribution in [0.5, 0.6) is 0 Å². The Hall–Kier alpha value is -1.07. The first-order valence-electron chi connectivity index (χ1n) is 7.18. The standard InChI is InChI=1S/C15H19F3N2/c1-2-14-11-6-19-5-10(11)8-20(14)7-9-3-12(16)15(18)13(17)4-9/h3-4,10-11,14,19H,2,5-8H2,1H3. The summed E-state index contributed by atoms with van der Waals surface area (Å²) in [6, 6.07) is 2.65. The third kappa shape index (κ3) is 2.33. The van der Waals surface area contributed by atoms with Crippen LogP contribution in [0.3, 0.4) is 0 Å². The van der Waals surface area contributed by atoms with Crippen molar-refractivity contribution in [3.8, 4) is 0 Å². The molecule has 0 saturated carbocycles. The highest BCUT2D eigenvalue weighted by atomic mass is 19.2. The number of hydrogen-bond acceptors (Lipinski definition) is 2.